The molecule has 0 fully saturated rings. The Morgan fingerprint density at radius 3 is 3.08 bits per heavy atom. The number of aromatic nitrogens is 1. The second kappa shape index (κ2) is 2.55. The molecule has 3 heteroatoms. The normalized spacial score (nSPS) is 19.1. The van der Waals surface area contributed by atoms with E-state index >= 15 is 0 Å². The molecule has 0 aromatic carbocycles. The van der Waals surface area contributed by atoms with Gasteiger partial charge in [-0.1, -0.05) is 19.9 Å². The predicted molar refractivity (Wildman–Crippen MR) is 50.5 cm³/mol. The highest BCUT2D eigenvalue weighted by molar-refractivity contribution is 5.94. The molecule has 1 N–H and O–H groups in total. The summed E-state index contributed by atoms with van der Waals surface area (Å²) in [7, 11) is 0. The molecule has 1 amide bonds. The Bertz CT molecular complexity index is 358. The van der Waals surface area contributed by atoms with E-state index in [-0.39, 0.29) is 11.3 Å². The van der Waals surface area contributed by atoms with Crippen LogP contribution in [0.5, 0.6) is 0 Å². The number of hydrogen-bond acceptors (Lipinski definition) is 2. The highest BCUT2D eigenvalue weighted by Gasteiger charge is 2.32. The van der Waals surface area contributed by atoms with E-state index in [1.165, 1.54) is 0 Å². The first kappa shape index (κ1) is 8.23. The number of carbonyl (C=O) groups is 1. The Morgan fingerprint density at radius 1 is 1.54 bits per heavy atom. The zero-order chi connectivity index (χ0) is 9.47. The van der Waals surface area contributed by atoms with E-state index in [1.54, 1.807) is 6.20 Å². The van der Waals surface area contributed by atoms with Gasteiger partial charge in [0.2, 0.25) is 5.91 Å². The molecule has 0 saturated heterocycles. The smallest absolute Gasteiger partial charge is 0.226 e. The van der Waals surface area contributed by atoms with Gasteiger partial charge in [-0.3, -0.25) is 4.79 Å². The van der Waals surface area contributed by atoms with E-state index in [0.29, 0.717) is 12.2 Å². The molecule has 2 rings (SSSR count). The summed E-state index contributed by atoms with van der Waals surface area (Å²) in [6.07, 6.45) is 2.23. The highest BCUT2D eigenvalue weighted by Crippen LogP contribution is 2.35. The van der Waals surface area contributed by atoms with Gasteiger partial charge in [0.05, 0.1) is 0 Å². The molecule has 13 heavy (non-hydrogen) atoms. The van der Waals surface area contributed by atoms with Gasteiger partial charge in [-0.25, -0.2) is 4.98 Å². The number of nitrogens with one attached hydrogen (secondary N) is 1. The van der Waals surface area contributed by atoms with Crippen molar-refractivity contribution in [1.29, 1.82) is 0 Å². The van der Waals surface area contributed by atoms with Crippen LogP contribution in [0.15, 0.2) is 18.3 Å². The van der Waals surface area contributed by atoms with Crippen molar-refractivity contribution >= 4 is 11.7 Å². The first-order chi connectivity index (χ1) is 6.09. The maximum Gasteiger partial charge on any atom is 0.226 e. The van der Waals surface area contributed by atoms with Crippen molar-refractivity contribution in [1.82, 2.24) is 4.98 Å². The van der Waals surface area contributed by atoms with E-state index < -0.39 is 0 Å². The number of pyridine rings is 1. The lowest BCUT2D eigenvalue weighted by molar-refractivity contribution is -0.117. The molecule has 0 spiro atoms. The molecule has 1 aromatic rings. The molecule has 0 unspecified atom stereocenters. The lowest BCUT2D eigenvalue weighted by atomic mass is 9.79. The number of hydrogen-bond donors (Lipinski definition) is 1. The van der Waals surface area contributed by atoms with Gasteiger partial charge in [0.1, 0.15) is 5.82 Å². The summed E-state index contributed by atoms with van der Waals surface area (Å²) in [6.45, 7) is 4.12. The zero-order valence-electron chi connectivity index (χ0n) is 7.79. The molecule has 0 bridgehead atoms. The SMILES string of the molecule is CC1(C)CC(=O)Nc2ncccc21. The number of carbonyl (C=O) groups excluding carboxylic acids is 1. The van der Waals surface area contributed by atoms with Crippen LogP contribution in [0.25, 0.3) is 0 Å². The summed E-state index contributed by atoms with van der Waals surface area (Å²) in [5.74, 6) is 0.764. The van der Waals surface area contributed by atoms with Crippen molar-refractivity contribution in [2.75, 3.05) is 5.32 Å². The van der Waals surface area contributed by atoms with Gasteiger partial charge in [0.15, 0.2) is 0 Å². The largest absolute Gasteiger partial charge is 0.310 e. The fraction of sp³-hybridized carbons (Fsp3) is 0.400. The molecule has 1 aliphatic heterocycles. The Morgan fingerprint density at radius 2 is 2.31 bits per heavy atom. The van der Waals surface area contributed by atoms with Crippen LogP contribution in [0, 0.1) is 0 Å². The predicted octanol–water partition coefficient (Wildman–Crippen LogP) is 1.70. The van der Waals surface area contributed by atoms with E-state index in [9.17, 15) is 4.79 Å². The van der Waals surface area contributed by atoms with E-state index in [1.807, 2.05) is 12.1 Å². The topological polar surface area (TPSA) is 42.0 Å². The third-order valence-electron chi connectivity index (χ3n) is 2.40. The highest BCUT2D eigenvalue weighted by atomic mass is 16.1. The van der Waals surface area contributed by atoms with Crippen LogP contribution in [-0.2, 0) is 10.2 Å². The zero-order valence-corrected chi connectivity index (χ0v) is 7.79. The Hall–Kier alpha value is -1.38. The van der Waals surface area contributed by atoms with Crippen molar-refractivity contribution in [3.05, 3.63) is 23.9 Å². The number of fused-ring (bicyclic) bond motifs is 1. The Kier molecular flexibility index (Phi) is 1.62. The molecule has 0 atom stereocenters. The average molecular weight is 176 g/mol. The standard InChI is InChI=1S/C10H12N2O/c1-10(2)6-8(13)12-9-7(10)4-3-5-11-9/h3-5H,6H2,1-2H3,(H,11,12,13). The maximum atomic E-state index is 11.3. The monoisotopic (exact) mass is 176 g/mol. The van der Waals surface area contributed by atoms with E-state index in [0.717, 1.165) is 5.56 Å². The molecular weight excluding hydrogens is 164 g/mol. The fourth-order valence-electron chi connectivity index (χ4n) is 1.72. The second-order valence-electron chi connectivity index (χ2n) is 4.01. The first-order valence-corrected chi connectivity index (χ1v) is 4.35. The van der Waals surface area contributed by atoms with Crippen molar-refractivity contribution in [2.24, 2.45) is 0 Å². The van der Waals surface area contributed by atoms with Crippen molar-refractivity contribution in [3.8, 4) is 0 Å². The summed E-state index contributed by atoms with van der Waals surface area (Å²) in [5.41, 5.74) is 1.03. The van der Waals surface area contributed by atoms with Crippen LogP contribution < -0.4 is 5.32 Å². The van der Waals surface area contributed by atoms with Gasteiger partial charge in [0, 0.05) is 23.6 Å². The molecule has 3 nitrogen and oxygen atoms in total. The molecule has 1 aromatic heterocycles. The quantitative estimate of drug-likeness (QED) is 0.653. The fourth-order valence-corrected chi connectivity index (χ4v) is 1.72. The van der Waals surface area contributed by atoms with Gasteiger partial charge in [0.25, 0.3) is 0 Å². The van der Waals surface area contributed by atoms with Crippen LogP contribution in [-0.4, -0.2) is 10.9 Å². The molecular formula is C10H12N2O. The molecule has 68 valence electrons. The van der Waals surface area contributed by atoms with Crippen LogP contribution in [0.4, 0.5) is 5.82 Å². The van der Waals surface area contributed by atoms with Gasteiger partial charge in [-0.15, -0.1) is 0 Å². The number of anilines is 1. The molecule has 0 aliphatic carbocycles. The third kappa shape index (κ3) is 1.30. The second-order valence-corrected chi connectivity index (χ2v) is 4.01. The number of nitrogens with zero attached hydrogens (tertiary/aromatic N) is 1. The van der Waals surface area contributed by atoms with Gasteiger partial charge < -0.3 is 5.32 Å². The summed E-state index contributed by atoms with van der Waals surface area (Å²) in [5, 5.41) is 2.77. The van der Waals surface area contributed by atoms with Crippen molar-refractivity contribution < 1.29 is 4.79 Å². The van der Waals surface area contributed by atoms with Gasteiger partial charge in [-0.2, -0.15) is 0 Å². The summed E-state index contributed by atoms with van der Waals surface area (Å²) < 4.78 is 0. The maximum absolute atomic E-state index is 11.3. The molecule has 0 radical (unpaired) electrons. The first-order valence-electron chi connectivity index (χ1n) is 4.35. The van der Waals surface area contributed by atoms with Crippen molar-refractivity contribution in [3.63, 3.8) is 0 Å². The van der Waals surface area contributed by atoms with E-state index in [2.05, 4.69) is 24.1 Å². The lowest BCUT2D eigenvalue weighted by Gasteiger charge is -2.30. The van der Waals surface area contributed by atoms with Gasteiger partial charge in [-0.05, 0) is 6.07 Å². The summed E-state index contributed by atoms with van der Waals surface area (Å²) in [6, 6.07) is 3.92. The van der Waals surface area contributed by atoms with Crippen LogP contribution >= 0.6 is 0 Å². The lowest BCUT2D eigenvalue weighted by Crippen LogP contribution is -2.32. The summed E-state index contributed by atoms with van der Waals surface area (Å²) >= 11 is 0. The average Bonchev–Trinajstić information content (AvgIpc) is 2.02. The van der Waals surface area contributed by atoms with Crippen LogP contribution in [0.2, 0.25) is 0 Å². The van der Waals surface area contributed by atoms with Crippen molar-refractivity contribution in [2.45, 2.75) is 25.7 Å². The van der Waals surface area contributed by atoms with Crippen LogP contribution in [0.1, 0.15) is 25.8 Å². The molecule has 1 aliphatic rings. The third-order valence-corrected chi connectivity index (χ3v) is 2.40. The minimum absolute atomic E-state index is 0.0520. The Balaban J connectivity index is 2.56. The minimum Gasteiger partial charge on any atom is -0.310 e. The number of amides is 1. The number of rotatable bonds is 0. The Labute approximate surface area is 77.2 Å². The molecule has 2 heterocycles. The van der Waals surface area contributed by atoms with Gasteiger partial charge >= 0.3 is 0 Å². The minimum atomic E-state index is -0.0913. The molecule has 0 saturated carbocycles. The van der Waals surface area contributed by atoms with E-state index in [4.69, 9.17) is 0 Å². The van der Waals surface area contributed by atoms with Crippen LogP contribution in [0.3, 0.4) is 0 Å². The summed E-state index contributed by atoms with van der Waals surface area (Å²) in [4.78, 5) is 15.4.